The number of rotatable bonds is 3. The Balaban J connectivity index is 2.41. The van der Waals surface area contributed by atoms with Crippen LogP contribution >= 0.6 is 31.9 Å². The summed E-state index contributed by atoms with van der Waals surface area (Å²) in [5.74, 6) is 0.870. The van der Waals surface area contributed by atoms with Crippen LogP contribution in [0.2, 0.25) is 0 Å². The topological polar surface area (TPSA) is 24.5 Å². The highest BCUT2D eigenvalue weighted by molar-refractivity contribution is 9.11. The molecule has 0 radical (unpaired) electrons. The largest absolute Gasteiger partial charge is 0.495 e. The summed E-state index contributed by atoms with van der Waals surface area (Å²) in [5.41, 5.74) is 1.32. The van der Waals surface area contributed by atoms with E-state index in [-0.39, 0.29) is 5.54 Å². The number of nitrogens with one attached hydrogen (secondary N) is 1. The van der Waals surface area contributed by atoms with Crippen molar-refractivity contribution < 1.29 is 4.74 Å². The van der Waals surface area contributed by atoms with E-state index >= 15 is 0 Å². The van der Waals surface area contributed by atoms with E-state index in [9.17, 15) is 0 Å². The third-order valence-electron chi connectivity index (χ3n) is 3.82. The van der Waals surface area contributed by atoms with Crippen LogP contribution in [0.25, 0.3) is 0 Å². The van der Waals surface area contributed by atoms with Crippen molar-refractivity contribution in [1.82, 2.24) is 5.32 Å². The van der Waals surface area contributed by atoms with Crippen LogP contribution in [0.4, 0.5) is 5.69 Å². The van der Waals surface area contributed by atoms with E-state index in [1.807, 2.05) is 0 Å². The molecule has 0 bridgehead atoms. The van der Waals surface area contributed by atoms with Crippen LogP contribution in [0.15, 0.2) is 21.1 Å². The molecule has 0 spiro atoms. The van der Waals surface area contributed by atoms with Crippen molar-refractivity contribution in [1.29, 1.82) is 0 Å². The maximum atomic E-state index is 5.44. The van der Waals surface area contributed by atoms with Crippen LogP contribution in [0.3, 0.4) is 0 Å². The lowest BCUT2D eigenvalue weighted by Crippen LogP contribution is -2.61. The minimum atomic E-state index is 0.116. The number of anilines is 1. The zero-order chi connectivity index (χ0) is 14.9. The quantitative estimate of drug-likeness (QED) is 0.815. The molecule has 1 fully saturated rings. The van der Waals surface area contributed by atoms with Gasteiger partial charge in [0.1, 0.15) is 5.75 Å². The van der Waals surface area contributed by atoms with Crippen molar-refractivity contribution in [3.8, 4) is 5.75 Å². The van der Waals surface area contributed by atoms with Crippen LogP contribution in [0, 0.1) is 0 Å². The highest BCUT2D eigenvalue weighted by Gasteiger charge is 2.32. The molecule has 0 aliphatic carbocycles. The molecule has 1 heterocycles. The highest BCUT2D eigenvalue weighted by Crippen LogP contribution is 2.38. The summed E-state index contributed by atoms with van der Waals surface area (Å²) in [6.07, 6.45) is 1.12. The first kappa shape index (κ1) is 16.1. The molecule has 3 nitrogen and oxygen atoms in total. The smallest absolute Gasteiger partial charge is 0.135 e. The van der Waals surface area contributed by atoms with Crippen LogP contribution in [0.5, 0.6) is 5.75 Å². The zero-order valence-electron chi connectivity index (χ0n) is 12.5. The number of hydrogen-bond donors (Lipinski definition) is 1. The average molecular weight is 406 g/mol. The first-order valence-electron chi connectivity index (χ1n) is 6.92. The molecule has 2 rings (SSSR count). The fraction of sp³-hybridized carbons (Fsp3) is 0.600. The van der Waals surface area contributed by atoms with Crippen molar-refractivity contribution in [3.05, 3.63) is 21.1 Å². The standard InChI is InChI=1S/C15H22Br2N2O/c1-5-10-8-18-15(2,3)9-19(10)13-7-14(20-4)12(17)6-11(13)16/h6-7,10,18H,5,8-9H2,1-4H3. The van der Waals surface area contributed by atoms with Gasteiger partial charge in [0.05, 0.1) is 17.3 Å². The van der Waals surface area contributed by atoms with Gasteiger partial charge in [0.25, 0.3) is 0 Å². The van der Waals surface area contributed by atoms with Gasteiger partial charge in [0.15, 0.2) is 0 Å². The Morgan fingerprint density at radius 1 is 1.35 bits per heavy atom. The number of piperazine rings is 1. The number of benzene rings is 1. The number of ether oxygens (including phenoxy) is 1. The summed E-state index contributed by atoms with van der Waals surface area (Å²) in [4.78, 5) is 2.48. The van der Waals surface area contributed by atoms with E-state index in [4.69, 9.17) is 4.74 Å². The molecule has 20 heavy (non-hydrogen) atoms. The molecule has 1 aliphatic rings. The second kappa shape index (κ2) is 6.24. The number of methoxy groups -OCH3 is 1. The number of nitrogens with zero attached hydrogens (tertiary/aromatic N) is 1. The van der Waals surface area contributed by atoms with Crippen molar-refractivity contribution in [2.24, 2.45) is 0 Å². The van der Waals surface area contributed by atoms with Gasteiger partial charge in [0, 0.05) is 35.2 Å². The molecule has 0 aromatic heterocycles. The molecule has 1 aromatic rings. The predicted octanol–water partition coefficient (Wildman–Crippen LogP) is 4.19. The monoisotopic (exact) mass is 404 g/mol. The Morgan fingerprint density at radius 3 is 2.65 bits per heavy atom. The minimum absolute atomic E-state index is 0.116. The lowest BCUT2D eigenvalue weighted by atomic mass is 9.97. The average Bonchev–Trinajstić information content (AvgIpc) is 2.38. The SMILES string of the molecule is CCC1CNC(C)(C)CN1c1cc(OC)c(Br)cc1Br. The lowest BCUT2D eigenvalue weighted by molar-refractivity contribution is 0.305. The number of halogens is 2. The molecule has 1 atom stereocenters. The Bertz CT molecular complexity index is 491. The molecule has 1 aliphatic heterocycles. The Morgan fingerprint density at radius 2 is 2.05 bits per heavy atom. The van der Waals surface area contributed by atoms with E-state index in [1.165, 1.54) is 5.69 Å². The first-order valence-corrected chi connectivity index (χ1v) is 8.51. The van der Waals surface area contributed by atoms with Gasteiger partial charge in [-0.2, -0.15) is 0 Å². The van der Waals surface area contributed by atoms with E-state index in [2.05, 4.69) is 75.0 Å². The van der Waals surface area contributed by atoms with Gasteiger partial charge in [-0.05, 0) is 58.2 Å². The van der Waals surface area contributed by atoms with Gasteiger partial charge >= 0.3 is 0 Å². The van der Waals surface area contributed by atoms with Gasteiger partial charge in [-0.25, -0.2) is 0 Å². The van der Waals surface area contributed by atoms with E-state index in [0.717, 1.165) is 34.2 Å². The van der Waals surface area contributed by atoms with E-state index in [1.54, 1.807) is 7.11 Å². The van der Waals surface area contributed by atoms with Gasteiger partial charge < -0.3 is 15.0 Å². The molecule has 0 amide bonds. The van der Waals surface area contributed by atoms with Crippen molar-refractivity contribution >= 4 is 37.5 Å². The summed E-state index contributed by atoms with van der Waals surface area (Å²) in [6.45, 7) is 8.72. The molecular formula is C15H22Br2N2O. The highest BCUT2D eigenvalue weighted by atomic mass is 79.9. The van der Waals surface area contributed by atoms with Gasteiger partial charge in [-0.1, -0.05) is 6.92 Å². The van der Waals surface area contributed by atoms with E-state index in [0.29, 0.717) is 6.04 Å². The van der Waals surface area contributed by atoms with Gasteiger partial charge in [-0.3, -0.25) is 0 Å². The van der Waals surface area contributed by atoms with Crippen LogP contribution in [0.1, 0.15) is 27.2 Å². The molecule has 112 valence electrons. The Hall–Kier alpha value is -0.260. The molecule has 1 saturated heterocycles. The fourth-order valence-corrected chi connectivity index (χ4v) is 4.04. The van der Waals surface area contributed by atoms with Crippen LogP contribution in [-0.4, -0.2) is 31.8 Å². The zero-order valence-corrected chi connectivity index (χ0v) is 15.6. The third-order valence-corrected chi connectivity index (χ3v) is 5.08. The summed E-state index contributed by atoms with van der Waals surface area (Å²) < 4.78 is 7.51. The van der Waals surface area contributed by atoms with Crippen LogP contribution < -0.4 is 15.0 Å². The molecule has 1 N–H and O–H groups in total. The van der Waals surface area contributed by atoms with Crippen molar-refractivity contribution in [2.45, 2.75) is 38.8 Å². The summed E-state index contributed by atoms with van der Waals surface area (Å²) >= 11 is 7.23. The summed E-state index contributed by atoms with van der Waals surface area (Å²) in [6, 6.07) is 4.68. The summed E-state index contributed by atoms with van der Waals surface area (Å²) in [5, 5.41) is 3.62. The second-order valence-corrected chi connectivity index (χ2v) is 7.60. The van der Waals surface area contributed by atoms with Gasteiger partial charge in [0.2, 0.25) is 0 Å². The molecule has 0 saturated carbocycles. The Kier molecular flexibility index (Phi) is 5.03. The van der Waals surface area contributed by atoms with E-state index < -0.39 is 0 Å². The normalized spacial score (nSPS) is 21.9. The molecule has 1 aromatic carbocycles. The second-order valence-electron chi connectivity index (χ2n) is 5.89. The van der Waals surface area contributed by atoms with Crippen LogP contribution in [-0.2, 0) is 0 Å². The predicted molar refractivity (Wildman–Crippen MR) is 91.9 cm³/mol. The maximum Gasteiger partial charge on any atom is 0.135 e. The Labute approximate surface area is 138 Å². The first-order chi connectivity index (χ1) is 9.38. The maximum absolute atomic E-state index is 5.44. The van der Waals surface area contributed by atoms with Gasteiger partial charge in [-0.15, -0.1) is 0 Å². The molecular weight excluding hydrogens is 384 g/mol. The molecule has 1 unspecified atom stereocenters. The fourth-order valence-electron chi connectivity index (χ4n) is 2.66. The number of hydrogen-bond acceptors (Lipinski definition) is 3. The van der Waals surface area contributed by atoms with Crippen molar-refractivity contribution in [2.75, 3.05) is 25.1 Å². The molecule has 5 heteroatoms. The summed E-state index contributed by atoms with van der Waals surface area (Å²) in [7, 11) is 1.71. The van der Waals surface area contributed by atoms with Crippen molar-refractivity contribution in [3.63, 3.8) is 0 Å². The lowest BCUT2D eigenvalue weighted by Gasteiger charge is -2.46. The third kappa shape index (κ3) is 3.31. The minimum Gasteiger partial charge on any atom is -0.495 e.